The van der Waals surface area contributed by atoms with Gasteiger partial charge in [0.2, 0.25) is 0 Å². The van der Waals surface area contributed by atoms with E-state index in [1.165, 1.54) is 0 Å². The van der Waals surface area contributed by atoms with Gasteiger partial charge in [-0.15, -0.1) is 0 Å². The van der Waals surface area contributed by atoms with Crippen molar-refractivity contribution in [2.45, 2.75) is 26.1 Å². The normalized spacial score (nSPS) is 11.8. The number of hydrogen-bond donors (Lipinski definition) is 4. The predicted molar refractivity (Wildman–Crippen MR) is 196 cm³/mol. The van der Waals surface area contributed by atoms with E-state index in [9.17, 15) is 19.2 Å². The zero-order valence-electron chi connectivity index (χ0n) is 26.9. The van der Waals surface area contributed by atoms with E-state index in [0.29, 0.717) is 55.4 Å². The average molecular weight is 712 g/mol. The van der Waals surface area contributed by atoms with Crippen LogP contribution in [0.5, 0.6) is 11.5 Å². The van der Waals surface area contributed by atoms with Crippen molar-refractivity contribution in [2.75, 3.05) is 21.3 Å². The number of anilines is 4. The van der Waals surface area contributed by atoms with Gasteiger partial charge in [0, 0.05) is 33.9 Å². The molecule has 0 radical (unpaired) electrons. The molecule has 50 heavy (non-hydrogen) atoms. The molecule has 2 atom stereocenters. The molecule has 0 aliphatic rings. The van der Waals surface area contributed by atoms with Crippen molar-refractivity contribution >= 4 is 69.6 Å². The molecule has 12 heteroatoms. The Morgan fingerprint density at radius 3 is 1.08 bits per heavy atom. The Morgan fingerprint density at radius 1 is 0.460 bits per heavy atom. The van der Waals surface area contributed by atoms with Gasteiger partial charge in [0.05, 0.1) is 10.0 Å². The molecule has 2 unspecified atom stereocenters. The molecule has 0 saturated carbocycles. The minimum atomic E-state index is -0.796. The third-order valence-electron chi connectivity index (χ3n) is 7.25. The van der Waals surface area contributed by atoms with Gasteiger partial charge in [0.25, 0.3) is 23.6 Å². The van der Waals surface area contributed by atoms with E-state index in [1.54, 1.807) is 135 Å². The minimum Gasteiger partial charge on any atom is -0.479 e. The fourth-order valence-corrected chi connectivity index (χ4v) is 4.87. The third-order valence-corrected chi connectivity index (χ3v) is 7.87. The molecule has 0 saturated heterocycles. The maximum atomic E-state index is 12.8. The highest BCUT2D eigenvalue weighted by molar-refractivity contribution is 6.32. The second kappa shape index (κ2) is 16.5. The first kappa shape index (κ1) is 35.5. The number of carbonyl (C=O) groups is 4. The number of nitrogens with one attached hydrogen (secondary N) is 4. The summed E-state index contributed by atoms with van der Waals surface area (Å²) in [5.74, 6) is -0.661. The molecular formula is C38H32Cl2N4O6. The SMILES string of the molecule is CC(Oc1ccccc1Cl)C(=O)Nc1ccc(NC(=O)c2ccc(C(=O)Nc3ccc(NC(=O)C(C)Oc4ccccc4Cl)cc3)cc2)cc1. The summed E-state index contributed by atoms with van der Waals surface area (Å²) in [6.07, 6.45) is -1.59. The van der Waals surface area contributed by atoms with Crippen LogP contribution in [0.2, 0.25) is 10.0 Å². The quantitative estimate of drug-likeness (QED) is 0.103. The third kappa shape index (κ3) is 9.62. The number of ether oxygens (including phenoxy) is 2. The molecular weight excluding hydrogens is 679 g/mol. The summed E-state index contributed by atoms with van der Waals surface area (Å²) in [5, 5.41) is 11.9. The van der Waals surface area contributed by atoms with Crippen molar-refractivity contribution in [1.82, 2.24) is 0 Å². The molecule has 0 bridgehead atoms. The van der Waals surface area contributed by atoms with Gasteiger partial charge in [0.1, 0.15) is 11.5 Å². The van der Waals surface area contributed by atoms with Crippen LogP contribution in [0.3, 0.4) is 0 Å². The van der Waals surface area contributed by atoms with Gasteiger partial charge in [-0.3, -0.25) is 19.2 Å². The maximum Gasteiger partial charge on any atom is 0.265 e. The topological polar surface area (TPSA) is 135 Å². The Kier molecular flexibility index (Phi) is 11.7. The predicted octanol–water partition coefficient (Wildman–Crippen LogP) is 8.31. The second-order valence-corrected chi connectivity index (χ2v) is 11.8. The highest BCUT2D eigenvalue weighted by Gasteiger charge is 2.18. The number of carbonyl (C=O) groups excluding carboxylic acids is 4. The van der Waals surface area contributed by atoms with Gasteiger partial charge in [-0.2, -0.15) is 0 Å². The number of para-hydroxylation sites is 2. The van der Waals surface area contributed by atoms with Crippen LogP contribution in [0.1, 0.15) is 34.6 Å². The fraction of sp³-hybridized carbons (Fsp3) is 0.105. The van der Waals surface area contributed by atoms with Crippen LogP contribution < -0.4 is 30.7 Å². The van der Waals surface area contributed by atoms with Crippen molar-refractivity contribution < 1.29 is 28.7 Å². The van der Waals surface area contributed by atoms with Crippen molar-refractivity contribution in [3.05, 3.63) is 142 Å². The first-order valence-electron chi connectivity index (χ1n) is 15.4. The zero-order valence-corrected chi connectivity index (χ0v) is 28.4. The van der Waals surface area contributed by atoms with E-state index in [2.05, 4.69) is 21.3 Å². The Hall–Kier alpha value is -5.84. The van der Waals surface area contributed by atoms with Crippen molar-refractivity contribution in [2.24, 2.45) is 0 Å². The molecule has 4 amide bonds. The van der Waals surface area contributed by atoms with Crippen LogP contribution in [-0.2, 0) is 9.59 Å². The van der Waals surface area contributed by atoms with Gasteiger partial charge < -0.3 is 30.7 Å². The highest BCUT2D eigenvalue weighted by atomic mass is 35.5. The van der Waals surface area contributed by atoms with Crippen LogP contribution in [0.4, 0.5) is 22.7 Å². The van der Waals surface area contributed by atoms with E-state index in [-0.39, 0.29) is 23.6 Å². The molecule has 254 valence electrons. The molecule has 4 N–H and O–H groups in total. The molecule has 0 aliphatic heterocycles. The number of halogens is 2. The largest absolute Gasteiger partial charge is 0.479 e. The summed E-state index contributed by atoms with van der Waals surface area (Å²) in [5.41, 5.74) is 2.75. The van der Waals surface area contributed by atoms with Gasteiger partial charge >= 0.3 is 0 Å². The zero-order chi connectivity index (χ0) is 35.6. The summed E-state index contributed by atoms with van der Waals surface area (Å²) in [7, 11) is 0. The Balaban J connectivity index is 1.08. The first-order chi connectivity index (χ1) is 24.0. The lowest BCUT2D eigenvalue weighted by atomic mass is 10.1. The van der Waals surface area contributed by atoms with E-state index < -0.39 is 12.2 Å². The standard InChI is InChI=1S/C38H32Cl2N4O6/c1-23(49-33-9-5-3-7-31(33)39)35(45)41-27-15-19-29(20-16-27)43-37(47)25-11-13-26(14-12-25)38(48)44-30-21-17-28(18-22-30)42-36(46)24(2)50-34-10-6-4-8-32(34)40/h3-24H,1-2H3,(H,41,45)(H,42,46)(H,43,47)(H,44,48). The number of rotatable bonds is 12. The molecule has 0 heterocycles. The summed E-state index contributed by atoms with van der Waals surface area (Å²) >= 11 is 12.2. The molecule has 5 aromatic carbocycles. The lowest BCUT2D eigenvalue weighted by molar-refractivity contribution is -0.122. The maximum absolute atomic E-state index is 12.8. The van der Waals surface area contributed by atoms with E-state index in [4.69, 9.17) is 32.7 Å². The summed E-state index contributed by atoms with van der Waals surface area (Å²) < 4.78 is 11.3. The summed E-state index contributed by atoms with van der Waals surface area (Å²) in [4.78, 5) is 50.8. The Labute approximate surface area is 298 Å². The fourth-order valence-electron chi connectivity index (χ4n) is 4.51. The second-order valence-electron chi connectivity index (χ2n) is 11.0. The van der Waals surface area contributed by atoms with Crippen LogP contribution in [0, 0.1) is 0 Å². The van der Waals surface area contributed by atoms with Crippen LogP contribution >= 0.6 is 23.2 Å². The number of benzene rings is 5. The summed E-state index contributed by atoms with van der Waals surface area (Å²) in [6, 6.07) is 33.2. The molecule has 0 aliphatic carbocycles. The lowest BCUT2D eigenvalue weighted by Crippen LogP contribution is -2.30. The van der Waals surface area contributed by atoms with Crippen LogP contribution in [-0.4, -0.2) is 35.8 Å². The van der Waals surface area contributed by atoms with Gasteiger partial charge in [-0.05, 0) is 111 Å². The van der Waals surface area contributed by atoms with Crippen molar-refractivity contribution in [3.63, 3.8) is 0 Å². The van der Waals surface area contributed by atoms with Crippen LogP contribution in [0.25, 0.3) is 0 Å². The summed E-state index contributed by atoms with van der Waals surface area (Å²) in [6.45, 7) is 3.23. The molecule has 5 aromatic rings. The molecule has 0 fully saturated rings. The van der Waals surface area contributed by atoms with E-state index >= 15 is 0 Å². The van der Waals surface area contributed by atoms with E-state index in [0.717, 1.165) is 0 Å². The van der Waals surface area contributed by atoms with Crippen molar-refractivity contribution in [3.8, 4) is 11.5 Å². The molecule has 0 spiro atoms. The van der Waals surface area contributed by atoms with Crippen molar-refractivity contribution in [1.29, 1.82) is 0 Å². The smallest absolute Gasteiger partial charge is 0.265 e. The number of hydrogen-bond acceptors (Lipinski definition) is 6. The van der Waals surface area contributed by atoms with Gasteiger partial charge in [-0.1, -0.05) is 47.5 Å². The van der Waals surface area contributed by atoms with Crippen LogP contribution in [0.15, 0.2) is 121 Å². The average Bonchev–Trinajstić information content (AvgIpc) is 3.11. The Morgan fingerprint density at radius 2 is 0.760 bits per heavy atom. The lowest BCUT2D eigenvalue weighted by Gasteiger charge is -2.16. The Bertz CT molecular complexity index is 1840. The molecule has 10 nitrogen and oxygen atoms in total. The molecule has 0 aromatic heterocycles. The van der Waals surface area contributed by atoms with E-state index in [1.807, 2.05) is 0 Å². The number of amides is 4. The monoisotopic (exact) mass is 710 g/mol. The first-order valence-corrected chi connectivity index (χ1v) is 16.2. The molecule has 5 rings (SSSR count). The minimum absolute atomic E-state index is 0.345. The van der Waals surface area contributed by atoms with Gasteiger partial charge in [0.15, 0.2) is 12.2 Å². The van der Waals surface area contributed by atoms with Gasteiger partial charge in [-0.25, -0.2) is 0 Å². The highest BCUT2D eigenvalue weighted by Crippen LogP contribution is 2.26.